The van der Waals surface area contributed by atoms with Gasteiger partial charge in [-0.3, -0.25) is 4.79 Å². The van der Waals surface area contributed by atoms with Crippen molar-refractivity contribution in [2.45, 2.75) is 18.6 Å². The predicted molar refractivity (Wildman–Crippen MR) is 62.2 cm³/mol. The minimum atomic E-state index is -4.67. The first-order chi connectivity index (χ1) is 8.66. The molecular weight excluding hydrogens is 287 g/mol. The number of hydrogen-bond donors (Lipinski definition) is 2. The molecule has 1 unspecified atom stereocenters. The van der Waals surface area contributed by atoms with Crippen molar-refractivity contribution in [1.29, 1.82) is 0 Å². The number of carboxylic acid groups (broad SMARTS) is 1. The summed E-state index contributed by atoms with van der Waals surface area (Å²) < 4.78 is 43.2. The standard InChI is InChI=1S/C11H11ClF3NO3/c1-19-10-6(8(16)4-9(17)18)2-5(12)3-7(10)11(13,14)15/h2-3,8H,4,16H2,1H3,(H,17,18). The molecule has 19 heavy (non-hydrogen) atoms. The molecule has 0 heterocycles. The fourth-order valence-electron chi connectivity index (χ4n) is 1.63. The minimum Gasteiger partial charge on any atom is -0.496 e. The third-order valence-electron chi connectivity index (χ3n) is 2.39. The molecule has 1 aromatic rings. The van der Waals surface area contributed by atoms with E-state index in [4.69, 9.17) is 27.2 Å². The zero-order valence-electron chi connectivity index (χ0n) is 9.79. The van der Waals surface area contributed by atoms with Gasteiger partial charge in [0.15, 0.2) is 0 Å². The zero-order valence-corrected chi connectivity index (χ0v) is 10.5. The fourth-order valence-corrected chi connectivity index (χ4v) is 1.85. The Morgan fingerprint density at radius 1 is 1.53 bits per heavy atom. The summed E-state index contributed by atoms with van der Waals surface area (Å²) in [6, 6.07) is 0.730. The van der Waals surface area contributed by atoms with Crippen LogP contribution in [0.15, 0.2) is 12.1 Å². The topological polar surface area (TPSA) is 72.5 Å². The molecule has 0 saturated heterocycles. The normalized spacial score (nSPS) is 13.2. The number of halogens is 4. The molecule has 0 saturated carbocycles. The van der Waals surface area contributed by atoms with Gasteiger partial charge in [0.1, 0.15) is 5.75 Å². The monoisotopic (exact) mass is 297 g/mol. The van der Waals surface area contributed by atoms with E-state index in [1.807, 2.05) is 0 Å². The van der Waals surface area contributed by atoms with Crippen molar-refractivity contribution >= 4 is 17.6 Å². The number of nitrogens with two attached hydrogens (primary N) is 1. The maximum Gasteiger partial charge on any atom is 0.420 e. The van der Waals surface area contributed by atoms with Gasteiger partial charge in [0.2, 0.25) is 0 Å². The van der Waals surface area contributed by atoms with Gasteiger partial charge in [0.25, 0.3) is 0 Å². The first-order valence-electron chi connectivity index (χ1n) is 5.08. The second kappa shape index (κ2) is 5.66. The van der Waals surface area contributed by atoms with Gasteiger partial charge in [-0.15, -0.1) is 0 Å². The number of benzene rings is 1. The summed E-state index contributed by atoms with van der Waals surface area (Å²) in [6.07, 6.45) is -5.21. The maximum atomic E-state index is 12.8. The van der Waals surface area contributed by atoms with E-state index in [1.54, 1.807) is 0 Å². The Balaban J connectivity index is 3.39. The van der Waals surface area contributed by atoms with E-state index < -0.39 is 35.9 Å². The molecule has 0 spiro atoms. The van der Waals surface area contributed by atoms with E-state index in [0.717, 1.165) is 7.11 Å². The number of rotatable bonds is 4. The SMILES string of the molecule is COc1c(C(N)CC(=O)O)cc(Cl)cc1C(F)(F)F. The highest BCUT2D eigenvalue weighted by atomic mass is 35.5. The van der Waals surface area contributed by atoms with Crippen LogP contribution in [0.2, 0.25) is 5.02 Å². The van der Waals surface area contributed by atoms with E-state index in [9.17, 15) is 18.0 Å². The van der Waals surface area contributed by atoms with Crippen LogP contribution < -0.4 is 10.5 Å². The van der Waals surface area contributed by atoms with Crippen molar-refractivity contribution in [2.75, 3.05) is 7.11 Å². The molecule has 0 radical (unpaired) electrons. The van der Waals surface area contributed by atoms with Crippen LogP contribution >= 0.6 is 11.6 Å². The zero-order chi connectivity index (χ0) is 14.8. The van der Waals surface area contributed by atoms with E-state index in [1.165, 1.54) is 6.07 Å². The third-order valence-corrected chi connectivity index (χ3v) is 2.60. The first kappa shape index (κ1) is 15.6. The number of ether oxygens (including phenoxy) is 1. The van der Waals surface area contributed by atoms with Crippen LogP contribution in [0.3, 0.4) is 0 Å². The lowest BCUT2D eigenvalue weighted by atomic mass is 10.00. The highest BCUT2D eigenvalue weighted by molar-refractivity contribution is 6.30. The molecule has 0 aliphatic heterocycles. The Morgan fingerprint density at radius 2 is 2.11 bits per heavy atom. The smallest absolute Gasteiger partial charge is 0.420 e. The Labute approximate surface area is 111 Å². The van der Waals surface area contributed by atoms with Crippen LogP contribution in [0.1, 0.15) is 23.6 Å². The Hall–Kier alpha value is -1.47. The van der Waals surface area contributed by atoms with E-state index in [0.29, 0.717) is 6.07 Å². The lowest BCUT2D eigenvalue weighted by Crippen LogP contribution is -2.18. The van der Waals surface area contributed by atoms with Crippen LogP contribution in [-0.2, 0) is 11.0 Å². The summed E-state index contributed by atoms with van der Waals surface area (Å²) >= 11 is 5.61. The third kappa shape index (κ3) is 3.74. The van der Waals surface area contributed by atoms with Crippen molar-refractivity contribution in [2.24, 2.45) is 5.73 Å². The lowest BCUT2D eigenvalue weighted by molar-refractivity contribution is -0.138. The van der Waals surface area contributed by atoms with Crippen LogP contribution in [0.4, 0.5) is 13.2 Å². The Bertz CT molecular complexity index is 491. The second-order valence-electron chi connectivity index (χ2n) is 3.78. The van der Waals surface area contributed by atoms with E-state index in [2.05, 4.69) is 0 Å². The summed E-state index contributed by atoms with van der Waals surface area (Å²) in [5, 5.41) is 8.44. The van der Waals surface area contributed by atoms with E-state index >= 15 is 0 Å². The number of methoxy groups -OCH3 is 1. The van der Waals surface area contributed by atoms with Crippen LogP contribution in [-0.4, -0.2) is 18.2 Å². The van der Waals surface area contributed by atoms with Crippen molar-refractivity contribution in [1.82, 2.24) is 0 Å². The van der Waals surface area contributed by atoms with Crippen molar-refractivity contribution in [3.63, 3.8) is 0 Å². The molecule has 0 aliphatic rings. The summed E-state index contributed by atoms with van der Waals surface area (Å²) in [7, 11) is 1.05. The quantitative estimate of drug-likeness (QED) is 0.896. The summed E-state index contributed by atoms with van der Waals surface area (Å²) in [4.78, 5) is 10.6. The number of aliphatic carboxylic acids is 1. The predicted octanol–water partition coefficient (Wildman–Crippen LogP) is 2.84. The number of alkyl halides is 3. The van der Waals surface area contributed by atoms with Crippen molar-refractivity contribution in [3.05, 3.63) is 28.3 Å². The molecule has 0 fully saturated rings. The number of carboxylic acids is 1. The molecular formula is C11H11ClF3NO3. The minimum absolute atomic E-state index is 0.0928. The van der Waals surface area contributed by atoms with Gasteiger partial charge in [-0.2, -0.15) is 13.2 Å². The molecule has 4 nitrogen and oxygen atoms in total. The van der Waals surface area contributed by atoms with Crippen molar-refractivity contribution < 1.29 is 27.8 Å². The molecule has 106 valence electrons. The van der Waals surface area contributed by atoms with Crippen LogP contribution in [0.5, 0.6) is 5.75 Å². The van der Waals surface area contributed by atoms with Crippen molar-refractivity contribution in [3.8, 4) is 5.75 Å². The summed E-state index contributed by atoms with van der Waals surface area (Å²) in [6.45, 7) is 0. The largest absolute Gasteiger partial charge is 0.496 e. The van der Waals surface area contributed by atoms with Gasteiger partial charge >= 0.3 is 12.1 Å². The molecule has 0 aromatic heterocycles. The van der Waals surface area contributed by atoms with Crippen LogP contribution in [0.25, 0.3) is 0 Å². The van der Waals surface area contributed by atoms with Gasteiger partial charge in [0, 0.05) is 16.6 Å². The van der Waals surface area contributed by atoms with Gasteiger partial charge in [-0.05, 0) is 12.1 Å². The molecule has 0 aliphatic carbocycles. The average Bonchev–Trinajstić information content (AvgIpc) is 2.25. The van der Waals surface area contributed by atoms with Crippen LogP contribution in [0, 0.1) is 0 Å². The summed E-state index contributed by atoms with van der Waals surface area (Å²) in [5.74, 6) is -1.74. The first-order valence-corrected chi connectivity index (χ1v) is 5.46. The number of carbonyl (C=O) groups is 1. The second-order valence-corrected chi connectivity index (χ2v) is 4.21. The highest BCUT2D eigenvalue weighted by Gasteiger charge is 2.36. The molecule has 0 amide bonds. The van der Waals surface area contributed by atoms with E-state index in [-0.39, 0.29) is 10.6 Å². The van der Waals surface area contributed by atoms with Gasteiger partial charge in [0.05, 0.1) is 19.1 Å². The maximum absolute atomic E-state index is 12.8. The molecule has 0 bridgehead atoms. The Kier molecular flexibility index (Phi) is 4.65. The average molecular weight is 298 g/mol. The molecule has 1 atom stereocenters. The Morgan fingerprint density at radius 3 is 2.53 bits per heavy atom. The van der Waals surface area contributed by atoms with Gasteiger partial charge in [-0.1, -0.05) is 11.6 Å². The molecule has 3 N–H and O–H groups in total. The molecule has 1 rings (SSSR count). The highest BCUT2D eigenvalue weighted by Crippen LogP contribution is 2.42. The molecule has 1 aromatic carbocycles. The number of hydrogen-bond acceptors (Lipinski definition) is 3. The van der Waals surface area contributed by atoms with Gasteiger partial charge in [-0.25, -0.2) is 0 Å². The lowest BCUT2D eigenvalue weighted by Gasteiger charge is -2.19. The van der Waals surface area contributed by atoms with Gasteiger partial charge < -0.3 is 15.6 Å². The molecule has 8 heteroatoms. The fraction of sp³-hybridized carbons (Fsp3) is 0.364. The summed E-state index contributed by atoms with van der Waals surface area (Å²) in [5.41, 5.74) is 4.39.